The highest BCUT2D eigenvalue weighted by atomic mass is 16.1. The molecule has 0 aliphatic carbocycles. The van der Waals surface area contributed by atoms with E-state index in [0.29, 0.717) is 18.6 Å². The summed E-state index contributed by atoms with van der Waals surface area (Å²) < 4.78 is 0. The Morgan fingerprint density at radius 1 is 1.25 bits per heavy atom. The lowest BCUT2D eigenvalue weighted by Gasteiger charge is -2.07. The van der Waals surface area contributed by atoms with Gasteiger partial charge in [0.25, 0.3) is 0 Å². The standard InChI is InChI=1S/C17H23NO2/c1-3-5-16(19)11-10-15-12-13(2)8-9-14(15)6-4-7-17(18)20/h4,6,8-9,12H,3,5,7,10-11H2,1-2H3,(H2,18,20). The Labute approximate surface area is 120 Å². The molecule has 0 radical (unpaired) electrons. The van der Waals surface area contributed by atoms with Crippen LogP contribution in [0.2, 0.25) is 0 Å². The molecule has 0 bridgehead atoms. The van der Waals surface area contributed by atoms with E-state index in [1.807, 2.05) is 32.1 Å². The number of carbonyl (C=O) groups is 2. The fraction of sp³-hybridized carbons (Fsp3) is 0.412. The van der Waals surface area contributed by atoms with E-state index in [2.05, 4.69) is 6.07 Å². The lowest BCUT2D eigenvalue weighted by molar-refractivity contribution is -0.119. The second-order valence-electron chi connectivity index (χ2n) is 5.06. The average molecular weight is 273 g/mol. The van der Waals surface area contributed by atoms with Gasteiger partial charge in [0.1, 0.15) is 5.78 Å². The number of amides is 1. The van der Waals surface area contributed by atoms with Crippen LogP contribution in [0.25, 0.3) is 6.08 Å². The molecule has 1 aromatic rings. The third-order valence-electron chi connectivity index (χ3n) is 3.12. The Kier molecular flexibility index (Phi) is 6.71. The number of benzene rings is 1. The monoisotopic (exact) mass is 273 g/mol. The zero-order chi connectivity index (χ0) is 15.0. The molecule has 108 valence electrons. The van der Waals surface area contributed by atoms with Gasteiger partial charge in [0.15, 0.2) is 0 Å². The highest BCUT2D eigenvalue weighted by Crippen LogP contribution is 2.16. The zero-order valence-corrected chi connectivity index (χ0v) is 12.3. The van der Waals surface area contributed by atoms with Crippen LogP contribution in [0.5, 0.6) is 0 Å². The number of hydrogen-bond acceptors (Lipinski definition) is 2. The predicted octanol–water partition coefficient (Wildman–Crippen LogP) is 3.19. The van der Waals surface area contributed by atoms with Crippen LogP contribution >= 0.6 is 0 Å². The summed E-state index contributed by atoms with van der Waals surface area (Å²) in [5, 5.41) is 0. The fourth-order valence-electron chi connectivity index (χ4n) is 2.09. The third-order valence-corrected chi connectivity index (χ3v) is 3.12. The number of nitrogens with two attached hydrogens (primary N) is 1. The SMILES string of the molecule is CCCC(=O)CCc1cc(C)ccc1C=CCC(N)=O. The summed E-state index contributed by atoms with van der Waals surface area (Å²) in [6.45, 7) is 4.05. The van der Waals surface area contributed by atoms with E-state index in [1.165, 1.54) is 5.56 Å². The van der Waals surface area contributed by atoms with Crippen molar-refractivity contribution in [3.05, 3.63) is 41.0 Å². The molecular weight excluding hydrogens is 250 g/mol. The summed E-state index contributed by atoms with van der Waals surface area (Å²) in [5.74, 6) is -0.0332. The topological polar surface area (TPSA) is 60.2 Å². The van der Waals surface area contributed by atoms with Crippen molar-refractivity contribution in [2.75, 3.05) is 0 Å². The van der Waals surface area contributed by atoms with Crippen LogP contribution in [0.3, 0.4) is 0 Å². The van der Waals surface area contributed by atoms with Crippen LogP contribution < -0.4 is 5.73 Å². The summed E-state index contributed by atoms with van der Waals surface area (Å²) in [5.41, 5.74) is 8.50. The number of carbonyl (C=O) groups excluding carboxylic acids is 2. The minimum absolute atomic E-state index is 0.238. The molecule has 0 aliphatic rings. The van der Waals surface area contributed by atoms with E-state index in [4.69, 9.17) is 5.73 Å². The molecule has 3 nitrogen and oxygen atoms in total. The number of Topliss-reactive ketones (excluding diaryl/α,β-unsaturated/α-hetero) is 1. The highest BCUT2D eigenvalue weighted by Gasteiger charge is 2.05. The molecule has 1 aromatic carbocycles. The van der Waals surface area contributed by atoms with E-state index >= 15 is 0 Å². The summed E-state index contributed by atoms with van der Waals surface area (Å²) in [7, 11) is 0. The Morgan fingerprint density at radius 2 is 2.00 bits per heavy atom. The second-order valence-corrected chi connectivity index (χ2v) is 5.06. The number of aryl methyl sites for hydroxylation is 2. The van der Waals surface area contributed by atoms with Crippen molar-refractivity contribution >= 4 is 17.8 Å². The van der Waals surface area contributed by atoms with E-state index in [9.17, 15) is 9.59 Å². The first kappa shape index (κ1) is 16.2. The van der Waals surface area contributed by atoms with Gasteiger partial charge in [-0.15, -0.1) is 0 Å². The van der Waals surface area contributed by atoms with Gasteiger partial charge in [0, 0.05) is 19.3 Å². The van der Waals surface area contributed by atoms with Crippen molar-refractivity contribution in [1.29, 1.82) is 0 Å². The van der Waals surface area contributed by atoms with Crippen molar-refractivity contribution in [2.45, 2.75) is 46.0 Å². The molecule has 0 unspecified atom stereocenters. The minimum Gasteiger partial charge on any atom is -0.369 e. The molecule has 1 amide bonds. The van der Waals surface area contributed by atoms with Gasteiger partial charge in [0.2, 0.25) is 5.91 Å². The maximum absolute atomic E-state index is 11.6. The summed E-state index contributed by atoms with van der Waals surface area (Å²) in [6.07, 6.45) is 6.79. The quantitative estimate of drug-likeness (QED) is 0.790. The molecule has 2 N–H and O–H groups in total. The lowest BCUT2D eigenvalue weighted by Crippen LogP contribution is -2.08. The Morgan fingerprint density at radius 3 is 2.65 bits per heavy atom. The fourth-order valence-corrected chi connectivity index (χ4v) is 2.09. The van der Waals surface area contributed by atoms with Gasteiger partial charge < -0.3 is 5.73 Å². The molecule has 0 aliphatic heterocycles. The molecule has 0 heterocycles. The number of rotatable bonds is 8. The molecule has 3 heteroatoms. The summed E-state index contributed by atoms with van der Waals surface area (Å²) in [4.78, 5) is 22.4. The smallest absolute Gasteiger partial charge is 0.221 e. The van der Waals surface area contributed by atoms with Crippen molar-refractivity contribution in [3.63, 3.8) is 0 Å². The molecule has 0 saturated carbocycles. The van der Waals surface area contributed by atoms with Crippen molar-refractivity contribution in [3.8, 4) is 0 Å². The lowest BCUT2D eigenvalue weighted by atomic mass is 9.98. The van der Waals surface area contributed by atoms with Crippen LogP contribution in [0.15, 0.2) is 24.3 Å². The summed E-state index contributed by atoms with van der Waals surface area (Å²) >= 11 is 0. The molecule has 20 heavy (non-hydrogen) atoms. The van der Waals surface area contributed by atoms with Crippen molar-refractivity contribution in [1.82, 2.24) is 0 Å². The molecule has 0 fully saturated rings. The van der Waals surface area contributed by atoms with Crippen LogP contribution in [0, 0.1) is 6.92 Å². The van der Waals surface area contributed by atoms with Gasteiger partial charge in [0.05, 0.1) is 0 Å². The first-order valence-electron chi connectivity index (χ1n) is 7.09. The Hall–Kier alpha value is -1.90. The maximum Gasteiger partial charge on any atom is 0.221 e. The molecule has 0 atom stereocenters. The number of ketones is 1. The van der Waals surface area contributed by atoms with E-state index in [-0.39, 0.29) is 12.3 Å². The van der Waals surface area contributed by atoms with E-state index < -0.39 is 0 Å². The van der Waals surface area contributed by atoms with Crippen LogP contribution in [-0.4, -0.2) is 11.7 Å². The average Bonchev–Trinajstić information content (AvgIpc) is 2.38. The number of hydrogen-bond donors (Lipinski definition) is 1. The Balaban J connectivity index is 2.77. The van der Waals surface area contributed by atoms with Gasteiger partial charge >= 0.3 is 0 Å². The molecular formula is C17H23NO2. The largest absolute Gasteiger partial charge is 0.369 e. The maximum atomic E-state index is 11.6. The van der Waals surface area contributed by atoms with Crippen LogP contribution in [0.1, 0.15) is 49.3 Å². The summed E-state index contributed by atoms with van der Waals surface area (Å²) in [6, 6.07) is 6.15. The molecule has 1 rings (SSSR count). The van der Waals surface area contributed by atoms with Gasteiger partial charge in [-0.05, 0) is 30.9 Å². The third kappa shape index (κ3) is 5.83. The van der Waals surface area contributed by atoms with Gasteiger partial charge in [-0.1, -0.05) is 42.8 Å². The van der Waals surface area contributed by atoms with Crippen molar-refractivity contribution < 1.29 is 9.59 Å². The number of primary amides is 1. The van der Waals surface area contributed by atoms with Crippen LogP contribution in [0.4, 0.5) is 0 Å². The molecule has 0 spiro atoms. The second kappa shape index (κ2) is 8.31. The van der Waals surface area contributed by atoms with E-state index in [0.717, 1.165) is 24.0 Å². The normalized spacial score (nSPS) is 10.9. The first-order valence-corrected chi connectivity index (χ1v) is 7.09. The molecule has 0 aromatic heterocycles. The van der Waals surface area contributed by atoms with E-state index in [1.54, 1.807) is 6.08 Å². The highest BCUT2D eigenvalue weighted by molar-refractivity contribution is 5.79. The van der Waals surface area contributed by atoms with Gasteiger partial charge in [-0.25, -0.2) is 0 Å². The molecule has 0 saturated heterocycles. The van der Waals surface area contributed by atoms with Gasteiger partial charge in [-0.2, -0.15) is 0 Å². The Bertz CT molecular complexity index is 504. The van der Waals surface area contributed by atoms with Crippen molar-refractivity contribution in [2.24, 2.45) is 5.73 Å². The van der Waals surface area contributed by atoms with Crippen LogP contribution in [-0.2, 0) is 16.0 Å². The first-order chi connectivity index (χ1) is 9.52. The zero-order valence-electron chi connectivity index (χ0n) is 12.3. The minimum atomic E-state index is -0.340. The predicted molar refractivity (Wildman–Crippen MR) is 82.3 cm³/mol. The van der Waals surface area contributed by atoms with Gasteiger partial charge in [-0.3, -0.25) is 9.59 Å².